The maximum absolute atomic E-state index is 11.2. The zero-order valence-corrected chi connectivity index (χ0v) is 10.9. The number of aromatic carboxylic acids is 1. The van der Waals surface area contributed by atoms with Crippen LogP contribution in [-0.2, 0) is 6.61 Å². The minimum absolute atomic E-state index is 0.0490. The summed E-state index contributed by atoms with van der Waals surface area (Å²) in [5.74, 6) is 0.285. The number of hydrogen-bond donors (Lipinski definition) is 2. The van der Waals surface area contributed by atoms with Crippen molar-refractivity contribution in [3.63, 3.8) is 0 Å². The van der Waals surface area contributed by atoms with Gasteiger partial charge in [-0.3, -0.25) is 9.38 Å². The zero-order valence-electron chi connectivity index (χ0n) is 10.9. The predicted octanol–water partition coefficient (Wildman–Crippen LogP) is 1.59. The number of fused-ring (bicyclic) bond motifs is 1. The van der Waals surface area contributed by atoms with Crippen molar-refractivity contribution in [2.75, 3.05) is 5.73 Å². The number of imidazole rings is 1. The average molecular weight is 284 g/mol. The minimum atomic E-state index is -1.11. The smallest absolute Gasteiger partial charge is 0.356 e. The average Bonchev–Trinajstić information content (AvgIpc) is 2.87. The van der Waals surface area contributed by atoms with E-state index in [1.807, 2.05) is 0 Å². The highest BCUT2D eigenvalue weighted by molar-refractivity contribution is 5.94. The van der Waals surface area contributed by atoms with Crippen molar-refractivity contribution in [2.24, 2.45) is 0 Å². The Kier molecular flexibility index (Phi) is 3.15. The lowest BCUT2D eigenvalue weighted by molar-refractivity contribution is 0.0693. The van der Waals surface area contributed by atoms with E-state index >= 15 is 0 Å². The molecule has 0 unspecified atom stereocenters. The van der Waals surface area contributed by atoms with Crippen LogP contribution < -0.4 is 10.5 Å². The van der Waals surface area contributed by atoms with Crippen LogP contribution in [0.1, 0.15) is 16.3 Å². The molecule has 0 saturated heterocycles. The third-order valence-electron chi connectivity index (χ3n) is 2.97. The summed E-state index contributed by atoms with van der Waals surface area (Å²) in [6.07, 6.45) is 3.20. The fourth-order valence-corrected chi connectivity index (χ4v) is 2.07. The number of nitrogens with zero attached hydrogens (tertiary/aromatic N) is 3. The van der Waals surface area contributed by atoms with Crippen LogP contribution in [0.15, 0.2) is 42.7 Å². The molecule has 0 amide bonds. The number of aromatic nitrogens is 3. The van der Waals surface area contributed by atoms with Crippen molar-refractivity contribution in [3.8, 4) is 5.75 Å². The molecular weight excluding hydrogens is 272 g/mol. The number of carbonyl (C=O) groups is 1. The Labute approximate surface area is 119 Å². The van der Waals surface area contributed by atoms with Crippen LogP contribution in [0.5, 0.6) is 5.75 Å². The van der Waals surface area contributed by atoms with Gasteiger partial charge in [0.2, 0.25) is 0 Å². The Hall–Kier alpha value is -3.09. The molecule has 3 rings (SSSR count). The summed E-state index contributed by atoms with van der Waals surface area (Å²) in [7, 11) is 0. The summed E-state index contributed by atoms with van der Waals surface area (Å²) < 4.78 is 7.12. The summed E-state index contributed by atoms with van der Waals surface area (Å²) >= 11 is 0. The van der Waals surface area contributed by atoms with E-state index in [1.165, 1.54) is 0 Å². The van der Waals surface area contributed by atoms with Crippen molar-refractivity contribution in [1.82, 2.24) is 14.4 Å². The molecule has 7 nitrogen and oxygen atoms in total. The second-order valence-corrected chi connectivity index (χ2v) is 4.33. The quantitative estimate of drug-likeness (QED) is 0.754. The standard InChI is InChI=1S/C14H12N4O3/c15-11-5-1-4-10-13(14(19)20)17-12(18(10)11)8-21-9-3-2-6-16-7-9/h1-7H,8,15H2,(H,19,20). The maximum Gasteiger partial charge on any atom is 0.356 e. The fourth-order valence-electron chi connectivity index (χ4n) is 2.07. The summed E-state index contributed by atoms with van der Waals surface area (Å²) in [6.45, 7) is 0.0916. The third-order valence-corrected chi connectivity index (χ3v) is 2.97. The summed E-state index contributed by atoms with van der Waals surface area (Å²) in [6, 6.07) is 8.51. The van der Waals surface area contributed by atoms with Crippen molar-refractivity contribution in [2.45, 2.75) is 6.61 Å². The summed E-state index contributed by atoms with van der Waals surface area (Å²) in [5.41, 5.74) is 6.29. The number of rotatable bonds is 4. The van der Waals surface area contributed by atoms with Crippen LogP contribution in [0.25, 0.3) is 5.52 Å². The van der Waals surface area contributed by atoms with Crippen molar-refractivity contribution in [3.05, 3.63) is 54.2 Å². The van der Waals surface area contributed by atoms with Crippen LogP contribution in [0.2, 0.25) is 0 Å². The van der Waals surface area contributed by atoms with Crippen LogP contribution in [-0.4, -0.2) is 25.4 Å². The third kappa shape index (κ3) is 2.36. The second-order valence-electron chi connectivity index (χ2n) is 4.33. The van der Waals surface area contributed by atoms with E-state index in [4.69, 9.17) is 10.5 Å². The van der Waals surface area contributed by atoms with Gasteiger partial charge in [-0.15, -0.1) is 0 Å². The monoisotopic (exact) mass is 284 g/mol. The molecule has 3 heterocycles. The van der Waals surface area contributed by atoms with Gasteiger partial charge in [0.15, 0.2) is 11.5 Å². The first-order valence-corrected chi connectivity index (χ1v) is 6.19. The molecule has 3 aromatic heterocycles. The van der Waals surface area contributed by atoms with E-state index in [9.17, 15) is 9.90 Å². The zero-order chi connectivity index (χ0) is 14.8. The molecule has 3 aromatic rings. The molecule has 0 bridgehead atoms. The van der Waals surface area contributed by atoms with Gasteiger partial charge in [-0.1, -0.05) is 6.07 Å². The van der Waals surface area contributed by atoms with Crippen molar-refractivity contribution < 1.29 is 14.6 Å². The number of anilines is 1. The SMILES string of the molecule is Nc1cccc2c(C(=O)O)nc(COc3cccnc3)n12. The van der Waals surface area contributed by atoms with Crippen LogP contribution in [0.4, 0.5) is 5.82 Å². The number of ether oxygens (including phenoxy) is 1. The highest BCUT2D eigenvalue weighted by Crippen LogP contribution is 2.19. The molecule has 21 heavy (non-hydrogen) atoms. The van der Waals surface area contributed by atoms with Crippen LogP contribution in [0.3, 0.4) is 0 Å². The molecule has 7 heteroatoms. The largest absolute Gasteiger partial charge is 0.484 e. The maximum atomic E-state index is 11.2. The van der Waals surface area contributed by atoms with Gasteiger partial charge in [-0.05, 0) is 24.3 Å². The van der Waals surface area contributed by atoms with Gasteiger partial charge >= 0.3 is 5.97 Å². The lowest BCUT2D eigenvalue weighted by Gasteiger charge is -2.06. The molecule has 0 aliphatic heterocycles. The topological polar surface area (TPSA) is 103 Å². The Morgan fingerprint density at radius 1 is 1.33 bits per heavy atom. The van der Waals surface area contributed by atoms with E-state index in [0.29, 0.717) is 22.9 Å². The Balaban J connectivity index is 2.00. The fraction of sp³-hybridized carbons (Fsp3) is 0.0714. The minimum Gasteiger partial charge on any atom is -0.484 e. The van der Waals surface area contributed by atoms with Gasteiger partial charge in [-0.25, -0.2) is 9.78 Å². The highest BCUT2D eigenvalue weighted by atomic mass is 16.5. The van der Waals surface area contributed by atoms with Gasteiger partial charge in [0, 0.05) is 6.20 Å². The van der Waals surface area contributed by atoms with Crippen molar-refractivity contribution in [1.29, 1.82) is 0 Å². The van der Waals surface area contributed by atoms with Gasteiger partial charge in [-0.2, -0.15) is 0 Å². The van der Waals surface area contributed by atoms with Gasteiger partial charge in [0.25, 0.3) is 0 Å². The second kappa shape index (κ2) is 5.12. The van der Waals surface area contributed by atoms with E-state index in [-0.39, 0.29) is 12.3 Å². The first-order valence-electron chi connectivity index (χ1n) is 6.19. The number of hydrogen-bond acceptors (Lipinski definition) is 5. The highest BCUT2D eigenvalue weighted by Gasteiger charge is 2.18. The number of nitrogen functional groups attached to an aromatic ring is 1. The first-order chi connectivity index (χ1) is 10.2. The molecule has 0 saturated carbocycles. The Bertz CT molecular complexity index is 799. The molecule has 0 aromatic carbocycles. The molecular formula is C14H12N4O3. The van der Waals surface area contributed by atoms with E-state index in [0.717, 1.165) is 0 Å². The van der Waals surface area contributed by atoms with Crippen LogP contribution in [0, 0.1) is 0 Å². The van der Waals surface area contributed by atoms with E-state index in [1.54, 1.807) is 47.1 Å². The van der Waals surface area contributed by atoms with Gasteiger partial charge < -0.3 is 15.6 Å². The Morgan fingerprint density at radius 2 is 2.19 bits per heavy atom. The molecule has 0 radical (unpaired) electrons. The van der Waals surface area contributed by atoms with Gasteiger partial charge in [0.1, 0.15) is 18.2 Å². The van der Waals surface area contributed by atoms with E-state index in [2.05, 4.69) is 9.97 Å². The lowest BCUT2D eigenvalue weighted by Crippen LogP contribution is -2.05. The molecule has 0 spiro atoms. The molecule has 0 aliphatic carbocycles. The predicted molar refractivity (Wildman–Crippen MR) is 75.1 cm³/mol. The normalized spacial score (nSPS) is 10.7. The van der Waals surface area contributed by atoms with E-state index < -0.39 is 5.97 Å². The Morgan fingerprint density at radius 3 is 2.90 bits per heavy atom. The number of carboxylic acid groups (broad SMARTS) is 1. The summed E-state index contributed by atoms with van der Waals surface area (Å²) in [4.78, 5) is 19.3. The molecule has 0 aliphatic rings. The molecule has 0 atom stereocenters. The van der Waals surface area contributed by atoms with Crippen LogP contribution >= 0.6 is 0 Å². The first kappa shape index (κ1) is 12.9. The summed E-state index contributed by atoms with van der Waals surface area (Å²) in [5, 5.41) is 9.20. The molecule has 3 N–H and O–H groups in total. The molecule has 0 fully saturated rings. The number of pyridine rings is 2. The van der Waals surface area contributed by atoms with Crippen molar-refractivity contribution >= 4 is 17.3 Å². The lowest BCUT2D eigenvalue weighted by atomic mass is 10.3. The number of carboxylic acids is 1. The number of nitrogens with two attached hydrogens (primary N) is 1. The van der Waals surface area contributed by atoms with Gasteiger partial charge in [0.05, 0.1) is 11.7 Å². The molecule has 106 valence electrons.